The van der Waals surface area contributed by atoms with E-state index in [4.69, 9.17) is 0 Å². The smallest absolute Gasteiger partial charge is 0.191 e. The van der Waals surface area contributed by atoms with Gasteiger partial charge in [-0.3, -0.25) is 9.67 Å². The minimum Gasteiger partial charge on any atom is -0.356 e. The third kappa shape index (κ3) is 5.80. The van der Waals surface area contributed by atoms with Gasteiger partial charge in [-0.05, 0) is 24.8 Å². The van der Waals surface area contributed by atoms with E-state index in [0.29, 0.717) is 0 Å². The number of hydrogen-bond acceptors (Lipinski definition) is 2. The molecule has 108 valence electrons. The van der Waals surface area contributed by atoms with Crippen LogP contribution in [0.4, 0.5) is 0 Å². The summed E-state index contributed by atoms with van der Waals surface area (Å²) in [5.41, 5.74) is 1.15. The van der Waals surface area contributed by atoms with Crippen molar-refractivity contribution in [2.75, 3.05) is 13.6 Å². The number of halogens is 1. The van der Waals surface area contributed by atoms with Gasteiger partial charge in [-0.2, -0.15) is 5.10 Å². The first-order valence-electron chi connectivity index (χ1n) is 6.71. The average molecular weight is 377 g/mol. The quantitative estimate of drug-likeness (QED) is 0.345. The van der Waals surface area contributed by atoms with Crippen molar-refractivity contribution < 1.29 is 0 Å². The van der Waals surface area contributed by atoms with Crippen LogP contribution in [0.25, 0.3) is 0 Å². The Morgan fingerprint density at radius 1 is 1.47 bits per heavy atom. The first-order valence-corrected chi connectivity index (χ1v) is 6.71. The van der Waals surface area contributed by atoms with Gasteiger partial charge >= 0.3 is 0 Å². The fourth-order valence-electron chi connectivity index (χ4n) is 1.97. The van der Waals surface area contributed by atoms with E-state index in [1.54, 1.807) is 7.05 Å². The second kappa shape index (κ2) is 8.39. The average Bonchev–Trinajstić information content (AvgIpc) is 3.11. The lowest BCUT2D eigenvalue weighted by molar-refractivity contribution is 0.639. The van der Waals surface area contributed by atoms with Crippen LogP contribution in [0.1, 0.15) is 31.4 Å². The molecule has 1 heterocycles. The largest absolute Gasteiger partial charge is 0.356 e. The van der Waals surface area contributed by atoms with Crippen molar-refractivity contribution in [2.45, 2.75) is 32.2 Å². The highest BCUT2D eigenvalue weighted by Gasteiger charge is 2.19. The van der Waals surface area contributed by atoms with Gasteiger partial charge in [0.15, 0.2) is 5.96 Å². The molecule has 5 nitrogen and oxygen atoms in total. The molecule has 0 saturated heterocycles. The zero-order valence-corrected chi connectivity index (χ0v) is 14.1. The second-order valence-electron chi connectivity index (χ2n) is 4.88. The number of nitrogens with zero attached hydrogens (tertiary/aromatic N) is 3. The van der Waals surface area contributed by atoms with Crippen LogP contribution >= 0.6 is 24.0 Å². The van der Waals surface area contributed by atoms with Crippen molar-refractivity contribution in [1.29, 1.82) is 0 Å². The summed E-state index contributed by atoms with van der Waals surface area (Å²) in [7, 11) is 3.75. The van der Waals surface area contributed by atoms with Crippen LogP contribution in [-0.2, 0) is 13.6 Å². The highest BCUT2D eigenvalue weighted by atomic mass is 127. The maximum Gasteiger partial charge on any atom is 0.191 e. The molecule has 2 N–H and O–H groups in total. The van der Waals surface area contributed by atoms with E-state index in [1.807, 2.05) is 24.0 Å². The van der Waals surface area contributed by atoms with E-state index in [2.05, 4.69) is 20.7 Å². The van der Waals surface area contributed by atoms with Crippen LogP contribution in [0.3, 0.4) is 0 Å². The lowest BCUT2D eigenvalue weighted by atomic mass is 10.2. The standard InChI is InChI=1S/C13H23N5.HI/c1-14-13(15-8-3-4-11-5-6-11)16-10-12-7-9-17-18(12)2;/h7,9,11H,3-6,8,10H2,1-2H3,(H2,14,15,16);1H. The summed E-state index contributed by atoms with van der Waals surface area (Å²) in [4.78, 5) is 4.21. The molecule has 1 fully saturated rings. The molecule has 19 heavy (non-hydrogen) atoms. The number of hydrogen-bond donors (Lipinski definition) is 2. The van der Waals surface area contributed by atoms with Gasteiger partial charge < -0.3 is 10.6 Å². The van der Waals surface area contributed by atoms with E-state index in [0.717, 1.165) is 30.7 Å². The van der Waals surface area contributed by atoms with Crippen molar-refractivity contribution >= 4 is 29.9 Å². The van der Waals surface area contributed by atoms with Crippen molar-refractivity contribution in [3.05, 3.63) is 18.0 Å². The van der Waals surface area contributed by atoms with Crippen molar-refractivity contribution in [3.8, 4) is 0 Å². The molecule has 0 spiro atoms. The van der Waals surface area contributed by atoms with Gasteiger partial charge in [0.2, 0.25) is 0 Å². The van der Waals surface area contributed by atoms with Crippen molar-refractivity contribution in [1.82, 2.24) is 20.4 Å². The van der Waals surface area contributed by atoms with Crippen molar-refractivity contribution in [2.24, 2.45) is 18.0 Å². The fourth-order valence-corrected chi connectivity index (χ4v) is 1.97. The van der Waals surface area contributed by atoms with Gasteiger partial charge in [0, 0.05) is 26.8 Å². The Bertz CT molecular complexity index is 397. The summed E-state index contributed by atoms with van der Waals surface area (Å²) in [5.74, 6) is 1.88. The molecule has 0 atom stereocenters. The molecule has 6 heteroatoms. The number of nitrogens with one attached hydrogen (secondary N) is 2. The van der Waals surface area contributed by atoms with Crippen LogP contribution in [0.5, 0.6) is 0 Å². The Kier molecular flexibility index (Phi) is 7.19. The van der Waals surface area contributed by atoms with Gasteiger partial charge in [-0.1, -0.05) is 12.8 Å². The lowest BCUT2D eigenvalue weighted by Crippen LogP contribution is -2.37. The Balaban J connectivity index is 0.00000180. The molecule has 1 aliphatic rings. The molecule has 1 aliphatic carbocycles. The molecule has 0 unspecified atom stereocenters. The monoisotopic (exact) mass is 377 g/mol. The summed E-state index contributed by atoms with van der Waals surface area (Å²) in [6, 6.07) is 2.01. The number of guanidine groups is 1. The minimum absolute atomic E-state index is 0. The predicted molar refractivity (Wildman–Crippen MR) is 88.8 cm³/mol. The summed E-state index contributed by atoms with van der Waals surface area (Å²) in [6.07, 6.45) is 7.27. The van der Waals surface area contributed by atoms with Gasteiger partial charge in [-0.15, -0.1) is 24.0 Å². The summed E-state index contributed by atoms with van der Waals surface area (Å²) in [6.45, 7) is 1.75. The van der Waals surface area contributed by atoms with Gasteiger partial charge in [0.1, 0.15) is 0 Å². The number of aromatic nitrogens is 2. The summed E-state index contributed by atoms with van der Waals surface area (Å²) < 4.78 is 1.87. The molecule has 0 aliphatic heterocycles. The molecular formula is C13H24IN5. The van der Waals surface area contributed by atoms with Crippen LogP contribution in [0, 0.1) is 5.92 Å². The van der Waals surface area contributed by atoms with E-state index in [1.165, 1.54) is 25.7 Å². The molecule has 1 aromatic rings. The Labute approximate surface area is 132 Å². The van der Waals surface area contributed by atoms with Gasteiger partial charge in [-0.25, -0.2) is 0 Å². The lowest BCUT2D eigenvalue weighted by Gasteiger charge is -2.11. The van der Waals surface area contributed by atoms with Gasteiger partial charge in [0.05, 0.1) is 12.2 Å². The Hall–Kier alpha value is -0.790. The summed E-state index contributed by atoms with van der Waals surface area (Å²) >= 11 is 0. The molecule has 0 radical (unpaired) electrons. The molecule has 0 bridgehead atoms. The Morgan fingerprint density at radius 3 is 2.84 bits per heavy atom. The topological polar surface area (TPSA) is 54.2 Å². The maximum absolute atomic E-state index is 4.21. The van der Waals surface area contributed by atoms with Crippen LogP contribution in [-0.4, -0.2) is 29.3 Å². The number of aliphatic imine (C=N–C) groups is 1. The third-order valence-electron chi connectivity index (χ3n) is 3.36. The molecule has 2 rings (SSSR count). The SMILES string of the molecule is CN=C(NCCCC1CC1)NCc1ccnn1C.I. The highest BCUT2D eigenvalue weighted by molar-refractivity contribution is 14.0. The predicted octanol–water partition coefficient (Wildman–Crippen LogP) is 1.89. The minimum atomic E-state index is 0. The number of aryl methyl sites for hydroxylation is 1. The zero-order valence-electron chi connectivity index (χ0n) is 11.7. The van der Waals surface area contributed by atoms with Crippen molar-refractivity contribution in [3.63, 3.8) is 0 Å². The molecular weight excluding hydrogens is 353 g/mol. The highest BCUT2D eigenvalue weighted by Crippen LogP contribution is 2.33. The summed E-state index contributed by atoms with van der Waals surface area (Å²) in [5, 5.41) is 10.8. The molecule has 0 amide bonds. The van der Waals surface area contributed by atoms with E-state index in [9.17, 15) is 0 Å². The number of rotatable bonds is 6. The van der Waals surface area contributed by atoms with Crippen LogP contribution in [0.15, 0.2) is 17.3 Å². The normalized spacial score (nSPS) is 14.9. The molecule has 0 aromatic carbocycles. The fraction of sp³-hybridized carbons (Fsp3) is 0.692. The van der Waals surface area contributed by atoms with E-state index < -0.39 is 0 Å². The first kappa shape index (κ1) is 16.3. The molecule has 1 saturated carbocycles. The van der Waals surface area contributed by atoms with Crippen LogP contribution in [0.2, 0.25) is 0 Å². The zero-order chi connectivity index (χ0) is 12.8. The molecule has 1 aromatic heterocycles. The Morgan fingerprint density at radius 2 is 2.26 bits per heavy atom. The maximum atomic E-state index is 4.21. The van der Waals surface area contributed by atoms with Crippen LogP contribution < -0.4 is 10.6 Å². The van der Waals surface area contributed by atoms with Gasteiger partial charge in [0.25, 0.3) is 0 Å². The van der Waals surface area contributed by atoms with E-state index >= 15 is 0 Å². The second-order valence-corrected chi connectivity index (χ2v) is 4.88. The third-order valence-corrected chi connectivity index (χ3v) is 3.36. The first-order chi connectivity index (χ1) is 8.79. The van der Waals surface area contributed by atoms with E-state index in [-0.39, 0.29) is 24.0 Å².